The van der Waals surface area contributed by atoms with Gasteiger partial charge in [-0.25, -0.2) is 4.79 Å². The van der Waals surface area contributed by atoms with E-state index in [2.05, 4.69) is 0 Å². The Morgan fingerprint density at radius 2 is 2.12 bits per heavy atom. The van der Waals surface area contributed by atoms with Crippen molar-refractivity contribution in [1.29, 1.82) is 0 Å². The highest BCUT2D eigenvalue weighted by Crippen LogP contribution is 2.39. The first-order valence-corrected chi connectivity index (χ1v) is 5.45. The van der Waals surface area contributed by atoms with Crippen LogP contribution in [0.25, 0.3) is 0 Å². The van der Waals surface area contributed by atoms with Crippen molar-refractivity contribution >= 4 is 11.7 Å². The molecule has 0 bridgehead atoms. The molecular weight excluding hydrogens is 202 g/mol. The fraction of sp³-hybridized carbons (Fsp3) is 0.417. The summed E-state index contributed by atoms with van der Waals surface area (Å²) in [6, 6.07) is 7.27. The molecule has 1 aliphatic rings. The van der Waals surface area contributed by atoms with E-state index in [9.17, 15) is 4.79 Å². The number of amides is 2. The maximum absolute atomic E-state index is 11.1. The molecule has 1 saturated carbocycles. The third-order valence-corrected chi connectivity index (χ3v) is 3.38. The van der Waals surface area contributed by atoms with E-state index in [1.165, 1.54) is 11.3 Å². The summed E-state index contributed by atoms with van der Waals surface area (Å²) in [4.78, 5) is 12.5. The molecule has 0 saturated heterocycles. The SMILES string of the molecule is CN(C(N)=O)c1cccc(C2(N)CCC2)c1. The summed E-state index contributed by atoms with van der Waals surface area (Å²) in [7, 11) is 1.66. The number of carbonyl (C=O) groups is 1. The second-order valence-corrected chi connectivity index (χ2v) is 4.46. The second kappa shape index (κ2) is 3.79. The van der Waals surface area contributed by atoms with E-state index < -0.39 is 6.03 Å². The van der Waals surface area contributed by atoms with Gasteiger partial charge in [0.1, 0.15) is 0 Å². The molecule has 4 nitrogen and oxygen atoms in total. The van der Waals surface area contributed by atoms with Crippen molar-refractivity contribution in [3.05, 3.63) is 29.8 Å². The van der Waals surface area contributed by atoms with E-state index in [4.69, 9.17) is 11.5 Å². The number of hydrogen-bond acceptors (Lipinski definition) is 2. The van der Waals surface area contributed by atoms with Gasteiger partial charge in [0.05, 0.1) is 0 Å². The molecule has 1 fully saturated rings. The molecule has 86 valence electrons. The zero-order chi connectivity index (χ0) is 11.8. The molecule has 2 amide bonds. The maximum Gasteiger partial charge on any atom is 0.318 e. The Hall–Kier alpha value is -1.55. The minimum Gasteiger partial charge on any atom is -0.351 e. The number of nitrogens with zero attached hydrogens (tertiary/aromatic N) is 1. The molecule has 0 aliphatic heterocycles. The number of anilines is 1. The lowest BCUT2D eigenvalue weighted by Gasteiger charge is -2.39. The van der Waals surface area contributed by atoms with Crippen LogP contribution in [0.5, 0.6) is 0 Å². The van der Waals surface area contributed by atoms with Crippen molar-refractivity contribution in [3.8, 4) is 0 Å². The van der Waals surface area contributed by atoms with Crippen LogP contribution in [0, 0.1) is 0 Å². The highest BCUT2D eigenvalue weighted by atomic mass is 16.2. The number of benzene rings is 1. The smallest absolute Gasteiger partial charge is 0.318 e. The van der Waals surface area contributed by atoms with Crippen molar-refractivity contribution in [1.82, 2.24) is 0 Å². The highest BCUT2D eigenvalue weighted by Gasteiger charge is 2.34. The summed E-state index contributed by atoms with van der Waals surface area (Å²) in [5, 5.41) is 0. The first-order valence-electron chi connectivity index (χ1n) is 5.45. The van der Waals surface area contributed by atoms with Gasteiger partial charge in [-0.1, -0.05) is 12.1 Å². The number of hydrogen-bond donors (Lipinski definition) is 2. The van der Waals surface area contributed by atoms with Gasteiger partial charge in [-0.2, -0.15) is 0 Å². The van der Waals surface area contributed by atoms with Gasteiger partial charge in [0, 0.05) is 18.3 Å². The van der Waals surface area contributed by atoms with E-state index in [-0.39, 0.29) is 5.54 Å². The van der Waals surface area contributed by atoms with Gasteiger partial charge in [-0.15, -0.1) is 0 Å². The predicted octanol–water partition coefficient (Wildman–Crippen LogP) is 1.54. The summed E-state index contributed by atoms with van der Waals surface area (Å²) in [6.07, 6.45) is 3.19. The zero-order valence-electron chi connectivity index (χ0n) is 9.44. The van der Waals surface area contributed by atoms with Crippen LogP contribution in [0.1, 0.15) is 24.8 Å². The third kappa shape index (κ3) is 1.76. The van der Waals surface area contributed by atoms with Crippen molar-refractivity contribution in [3.63, 3.8) is 0 Å². The Labute approximate surface area is 95.2 Å². The van der Waals surface area contributed by atoms with E-state index in [0.717, 1.165) is 24.1 Å². The third-order valence-electron chi connectivity index (χ3n) is 3.38. The van der Waals surface area contributed by atoms with Crippen molar-refractivity contribution < 1.29 is 4.79 Å². The first kappa shape index (κ1) is 11.0. The van der Waals surface area contributed by atoms with Gasteiger partial charge in [-0.3, -0.25) is 4.90 Å². The van der Waals surface area contributed by atoms with Gasteiger partial charge < -0.3 is 11.5 Å². The van der Waals surface area contributed by atoms with Crippen LogP contribution in [0.2, 0.25) is 0 Å². The molecular formula is C12H17N3O. The van der Waals surface area contributed by atoms with Gasteiger partial charge in [-0.05, 0) is 37.0 Å². The molecule has 16 heavy (non-hydrogen) atoms. The standard InChI is InChI=1S/C12H17N3O/c1-15(11(13)16)10-5-2-4-9(8-10)12(14)6-3-7-12/h2,4-5,8H,3,6-7,14H2,1H3,(H2,13,16). The molecule has 0 radical (unpaired) electrons. The minimum atomic E-state index is -0.461. The average Bonchev–Trinajstić information content (AvgIpc) is 2.25. The van der Waals surface area contributed by atoms with Crippen LogP contribution in [0.15, 0.2) is 24.3 Å². The molecule has 1 aromatic carbocycles. The Bertz CT molecular complexity index is 412. The molecule has 1 aliphatic carbocycles. The lowest BCUT2D eigenvalue weighted by molar-refractivity contribution is 0.252. The van der Waals surface area contributed by atoms with Crippen LogP contribution in [0.4, 0.5) is 10.5 Å². The summed E-state index contributed by atoms with van der Waals surface area (Å²) in [5.74, 6) is 0. The summed E-state index contributed by atoms with van der Waals surface area (Å²) in [6.45, 7) is 0. The van der Waals surface area contributed by atoms with Crippen LogP contribution < -0.4 is 16.4 Å². The maximum atomic E-state index is 11.1. The largest absolute Gasteiger partial charge is 0.351 e. The predicted molar refractivity (Wildman–Crippen MR) is 64.1 cm³/mol. The van der Waals surface area contributed by atoms with Crippen molar-refractivity contribution in [2.24, 2.45) is 11.5 Å². The molecule has 0 spiro atoms. The summed E-state index contributed by atoms with van der Waals surface area (Å²) in [5.41, 5.74) is 13.1. The number of rotatable bonds is 2. The van der Waals surface area contributed by atoms with E-state index in [0.29, 0.717) is 0 Å². The number of urea groups is 1. The Morgan fingerprint density at radius 1 is 1.44 bits per heavy atom. The van der Waals surface area contributed by atoms with Gasteiger partial charge >= 0.3 is 6.03 Å². The Morgan fingerprint density at radius 3 is 2.62 bits per heavy atom. The van der Waals surface area contributed by atoms with Gasteiger partial charge in [0.15, 0.2) is 0 Å². The highest BCUT2D eigenvalue weighted by molar-refractivity contribution is 5.90. The quantitative estimate of drug-likeness (QED) is 0.791. The fourth-order valence-corrected chi connectivity index (χ4v) is 2.00. The first-order chi connectivity index (χ1) is 7.53. The van der Waals surface area contributed by atoms with E-state index in [1.807, 2.05) is 24.3 Å². The molecule has 0 atom stereocenters. The molecule has 1 aromatic rings. The summed E-state index contributed by atoms with van der Waals surface area (Å²) >= 11 is 0. The summed E-state index contributed by atoms with van der Waals surface area (Å²) < 4.78 is 0. The lowest BCUT2D eigenvalue weighted by atomic mass is 9.73. The average molecular weight is 219 g/mol. The van der Waals surface area contributed by atoms with Gasteiger partial charge in [0.25, 0.3) is 0 Å². The molecule has 4 N–H and O–H groups in total. The normalized spacial score (nSPS) is 17.6. The minimum absolute atomic E-state index is 0.200. The Balaban J connectivity index is 2.29. The van der Waals surface area contributed by atoms with Crippen molar-refractivity contribution in [2.45, 2.75) is 24.8 Å². The van der Waals surface area contributed by atoms with Crippen LogP contribution in [-0.4, -0.2) is 13.1 Å². The second-order valence-electron chi connectivity index (χ2n) is 4.46. The van der Waals surface area contributed by atoms with Gasteiger partial charge in [0.2, 0.25) is 0 Å². The van der Waals surface area contributed by atoms with E-state index in [1.54, 1.807) is 7.05 Å². The van der Waals surface area contributed by atoms with Crippen molar-refractivity contribution in [2.75, 3.05) is 11.9 Å². The number of nitrogens with two attached hydrogens (primary N) is 2. The van der Waals surface area contributed by atoms with Crippen LogP contribution >= 0.6 is 0 Å². The number of primary amides is 1. The zero-order valence-corrected chi connectivity index (χ0v) is 9.44. The molecule has 0 heterocycles. The molecule has 2 rings (SSSR count). The lowest BCUT2D eigenvalue weighted by Crippen LogP contribution is -2.43. The topological polar surface area (TPSA) is 72.3 Å². The molecule has 0 aromatic heterocycles. The molecule has 0 unspecified atom stereocenters. The molecule has 4 heteroatoms. The fourth-order valence-electron chi connectivity index (χ4n) is 2.00. The van der Waals surface area contributed by atoms with Crippen LogP contribution in [-0.2, 0) is 5.54 Å². The monoisotopic (exact) mass is 219 g/mol. The number of carbonyl (C=O) groups excluding carboxylic acids is 1. The Kier molecular flexibility index (Phi) is 2.59. The van der Waals surface area contributed by atoms with E-state index >= 15 is 0 Å². The van der Waals surface area contributed by atoms with Crippen LogP contribution in [0.3, 0.4) is 0 Å².